The molecule has 10 rings (SSSR count). The third-order valence-corrected chi connectivity index (χ3v) is 12.0. The Kier molecular flexibility index (Phi) is 7.71. The summed E-state index contributed by atoms with van der Waals surface area (Å²) in [5.41, 5.74) is 21.9. The highest BCUT2D eigenvalue weighted by Gasteiger charge is 2.25. The van der Waals surface area contributed by atoms with Crippen molar-refractivity contribution in [2.75, 3.05) is 0 Å². The first-order valence-electron chi connectivity index (χ1n) is 19.3. The first-order valence-corrected chi connectivity index (χ1v) is 19.3. The minimum atomic E-state index is 0.315. The van der Waals surface area contributed by atoms with E-state index in [1.807, 2.05) is 0 Å². The molecule has 2 nitrogen and oxygen atoms in total. The van der Waals surface area contributed by atoms with Crippen LogP contribution >= 0.6 is 0 Å². The normalized spacial score (nSPS) is 15.9. The van der Waals surface area contributed by atoms with Crippen LogP contribution in [-0.4, -0.2) is 9.13 Å². The second kappa shape index (κ2) is 12.9. The van der Waals surface area contributed by atoms with Gasteiger partial charge in [0.1, 0.15) is 0 Å². The molecule has 1 unspecified atom stereocenters. The van der Waals surface area contributed by atoms with Crippen LogP contribution in [0.2, 0.25) is 0 Å². The molecule has 0 saturated heterocycles. The number of nitrogens with zero attached hydrogens (tertiary/aromatic N) is 2. The maximum absolute atomic E-state index is 2.48. The number of fused-ring (bicyclic) bond motifs is 6. The van der Waals surface area contributed by atoms with Gasteiger partial charge in [-0.2, -0.15) is 0 Å². The monoisotopic (exact) mass is 672 g/mol. The summed E-state index contributed by atoms with van der Waals surface area (Å²) in [4.78, 5) is 0. The second-order valence-corrected chi connectivity index (χ2v) is 14.9. The van der Waals surface area contributed by atoms with Crippen molar-refractivity contribution in [3.05, 3.63) is 178 Å². The highest BCUT2D eigenvalue weighted by molar-refractivity contribution is 5.74. The smallest absolute Gasteiger partial charge is 0.0494 e. The van der Waals surface area contributed by atoms with Crippen LogP contribution in [0.5, 0.6) is 0 Å². The number of benzene rings is 4. The number of hydrogen-bond acceptors (Lipinski definition) is 0. The molecule has 2 heterocycles. The van der Waals surface area contributed by atoms with Gasteiger partial charge in [0.15, 0.2) is 0 Å². The molecular weight excluding hydrogens is 629 g/mol. The molecule has 4 aliphatic carbocycles. The van der Waals surface area contributed by atoms with Crippen molar-refractivity contribution in [3.63, 3.8) is 0 Å². The largest absolute Gasteiger partial charge is 0.310 e. The lowest BCUT2D eigenvalue weighted by molar-refractivity contribution is 0.917. The van der Waals surface area contributed by atoms with Crippen LogP contribution in [0.3, 0.4) is 0 Å². The summed E-state index contributed by atoms with van der Waals surface area (Å²) in [5.74, 6) is 0.315. The Morgan fingerprint density at radius 1 is 0.365 bits per heavy atom. The second-order valence-electron chi connectivity index (χ2n) is 14.9. The third-order valence-electron chi connectivity index (χ3n) is 12.0. The van der Waals surface area contributed by atoms with Gasteiger partial charge in [-0.15, -0.1) is 0 Å². The van der Waals surface area contributed by atoms with Gasteiger partial charge in [0, 0.05) is 40.1 Å². The lowest BCUT2D eigenvalue weighted by Crippen LogP contribution is -2.03. The molecule has 0 radical (unpaired) electrons. The predicted molar refractivity (Wildman–Crippen MR) is 219 cm³/mol. The van der Waals surface area contributed by atoms with Crippen LogP contribution in [0.1, 0.15) is 94.7 Å². The van der Waals surface area contributed by atoms with Gasteiger partial charge in [-0.3, -0.25) is 0 Å². The van der Waals surface area contributed by atoms with E-state index in [0.29, 0.717) is 5.92 Å². The van der Waals surface area contributed by atoms with E-state index >= 15 is 0 Å². The molecular formula is C50H44N2. The van der Waals surface area contributed by atoms with E-state index in [-0.39, 0.29) is 0 Å². The Morgan fingerprint density at radius 2 is 0.635 bits per heavy atom. The van der Waals surface area contributed by atoms with E-state index in [0.717, 1.165) is 51.4 Å². The average Bonchev–Trinajstić information content (AvgIpc) is 3.74. The van der Waals surface area contributed by atoms with Crippen molar-refractivity contribution in [1.82, 2.24) is 9.13 Å². The van der Waals surface area contributed by atoms with E-state index in [9.17, 15) is 0 Å². The van der Waals surface area contributed by atoms with Crippen molar-refractivity contribution in [2.45, 2.75) is 64.2 Å². The van der Waals surface area contributed by atoms with Gasteiger partial charge in [0.2, 0.25) is 0 Å². The fourth-order valence-electron chi connectivity index (χ4n) is 9.21. The standard InChI is InChI=1S/C50H44N2/c1-34(36-26-30-41(31-27-36)51-47-14-6-2-10-43(47)44-11-3-7-15-48(44)51)35-18-20-37(21-19-35)38-22-24-39(25-23-38)40-28-32-42(33-29-40)52-49-16-8-4-12-45(49)46-13-5-9-17-50(46)52/h6-9,14-34H,2-5,10-13H2,1H3. The maximum Gasteiger partial charge on any atom is 0.0494 e. The molecule has 0 aliphatic heterocycles. The van der Waals surface area contributed by atoms with Crippen molar-refractivity contribution < 1.29 is 0 Å². The summed E-state index contributed by atoms with van der Waals surface area (Å²) >= 11 is 0. The molecule has 6 aromatic rings. The minimum absolute atomic E-state index is 0.315. The van der Waals surface area contributed by atoms with Gasteiger partial charge in [-0.1, -0.05) is 104 Å². The highest BCUT2D eigenvalue weighted by Crippen LogP contribution is 2.38. The van der Waals surface area contributed by atoms with E-state index in [2.05, 4.69) is 162 Å². The maximum atomic E-state index is 2.48. The SMILES string of the molecule is CC(c1ccc(-c2ccc(-c3ccc(-n4c5c(c6c4C=CCC6)CCC=C5)cc3)cc2)cc1)c1ccc(-n2c3c(c4c2C=CCC4)CCC=C3)cc1. The molecule has 0 bridgehead atoms. The molecule has 1 atom stereocenters. The molecule has 4 aromatic carbocycles. The summed E-state index contributed by atoms with van der Waals surface area (Å²) in [5, 5.41) is 0. The fraction of sp³-hybridized carbons (Fsp3) is 0.200. The van der Waals surface area contributed by atoms with Gasteiger partial charge in [-0.25, -0.2) is 0 Å². The van der Waals surface area contributed by atoms with Crippen molar-refractivity contribution in [2.24, 2.45) is 0 Å². The third kappa shape index (κ3) is 5.23. The van der Waals surface area contributed by atoms with Crippen LogP contribution in [0.25, 0.3) is 57.9 Å². The zero-order chi connectivity index (χ0) is 34.6. The molecule has 2 aromatic heterocycles. The van der Waals surface area contributed by atoms with Crippen LogP contribution < -0.4 is 0 Å². The Labute approximate surface area is 307 Å². The highest BCUT2D eigenvalue weighted by atomic mass is 15.0. The van der Waals surface area contributed by atoms with Crippen LogP contribution in [0, 0.1) is 0 Å². The zero-order valence-corrected chi connectivity index (χ0v) is 30.0. The van der Waals surface area contributed by atoms with Gasteiger partial charge in [0.25, 0.3) is 0 Å². The summed E-state index contributed by atoms with van der Waals surface area (Å²) in [6, 6.07) is 36.6. The number of hydrogen-bond donors (Lipinski definition) is 0. The van der Waals surface area contributed by atoms with Crippen molar-refractivity contribution >= 4 is 24.3 Å². The fourth-order valence-corrected chi connectivity index (χ4v) is 9.21. The van der Waals surface area contributed by atoms with Gasteiger partial charge >= 0.3 is 0 Å². The van der Waals surface area contributed by atoms with Crippen LogP contribution in [0.15, 0.2) is 121 Å². The summed E-state index contributed by atoms with van der Waals surface area (Å²) in [6.45, 7) is 2.32. The summed E-state index contributed by atoms with van der Waals surface area (Å²) in [6.07, 6.45) is 27.9. The van der Waals surface area contributed by atoms with Gasteiger partial charge < -0.3 is 9.13 Å². The molecule has 52 heavy (non-hydrogen) atoms. The average molecular weight is 673 g/mol. The Bertz CT molecular complexity index is 2340. The van der Waals surface area contributed by atoms with Gasteiger partial charge in [0.05, 0.1) is 0 Å². The van der Waals surface area contributed by atoms with E-state index < -0.39 is 0 Å². The number of allylic oxidation sites excluding steroid dienone is 4. The first kappa shape index (κ1) is 31.2. The number of rotatable bonds is 6. The molecule has 2 heteroatoms. The lowest BCUT2D eigenvalue weighted by Gasteiger charge is -2.17. The van der Waals surface area contributed by atoms with Crippen LogP contribution in [0.4, 0.5) is 0 Å². The molecule has 0 fully saturated rings. The quantitative estimate of drug-likeness (QED) is 0.167. The van der Waals surface area contributed by atoms with E-state index in [4.69, 9.17) is 0 Å². The van der Waals surface area contributed by atoms with E-state index in [1.54, 1.807) is 22.3 Å². The van der Waals surface area contributed by atoms with Gasteiger partial charge in [-0.05, 0) is 156 Å². The molecule has 0 spiro atoms. The Balaban J connectivity index is 0.853. The molecule has 0 saturated carbocycles. The Morgan fingerprint density at radius 3 is 0.981 bits per heavy atom. The zero-order valence-electron chi connectivity index (χ0n) is 30.0. The first-order chi connectivity index (χ1) is 25.7. The van der Waals surface area contributed by atoms with Crippen LogP contribution in [-0.2, 0) is 25.7 Å². The molecule has 0 N–H and O–H groups in total. The topological polar surface area (TPSA) is 9.86 Å². The van der Waals surface area contributed by atoms with Crippen molar-refractivity contribution in [3.8, 4) is 33.6 Å². The summed E-state index contributed by atoms with van der Waals surface area (Å²) < 4.78 is 4.95. The Hall–Kier alpha value is -5.60. The lowest BCUT2D eigenvalue weighted by atomic mass is 9.91. The van der Waals surface area contributed by atoms with E-state index in [1.165, 1.54) is 67.5 Å². The molecule has 254 valence electrons. The predicted octanol–water partition coefficient (Wildman–Crippen LogP) is 12.6. The molecule has 4 aliphatic rings. The molecule has 0 amide bonds. The van der Waals surface area contributed by atoms with Crippen molar-refractivity contribution in [1.29, 1.82) is 0 Å². The minimum Gasteiger partial charge on any atom is -0.310 e. The number of aromatic nitrogens is 2. The summed E-state index contributed by atoms with van der Waals surface area (Å²) in [7, 11) is 0.